The average molecular weight is 385 g/mol. The van der Waals surface area contributed by atoms with Crippen LogP contribution in [0.15, 0.2) is 29.2 Å². The molecular weight excluding hydrogens is 352 g/mol. The number of carbonyl (C=O) groups is 1. The number of unbranched alkanes of at least 4 members (excludes halogenated alkanes) is 1. The Bertz CT molecular complexity index is 671. The molecule has 0 aromatic heterocycles. The Kier molecular flexibility index (Phi) is 8.73. The topological polar surface area (TPSA) is 109 Å². The fourth-order valence-electron chi connectivity index (χ4n) is 2.70. The molecule has 0 saturated heterocycles. The third kappa shape index (κ3) is 6.37. The van der Waals surface area contributed by atoms with Gasteiger partial charge in [0, 0.05) is 0 Å². The normalized spacial score (nSPS) is 15.5. The molecule has 4 N–H and O–H groups in total. The van der Waals surface area contributed by atoms with E-state index in [4.69, 9.17) is 5.73 Å². The summed E-state index contributed by atoms with van der Waals surface area (Å²) in [7, 11) is -3.98. The van der Waals surface area contributed by atoms with Gasteiger partial charge >= 0.3 is 0 Å². The van der Waals surface area contributed by atoms with Gasteiger partial charge in [-0.2, -0.15) is 0 Å². The Morgan fingerprint density at radius 1 is 1.23 bits per heavy atom. The molecular formula is C19H32N2O4S. The minimum absolute atomic E-state index is 0.0397. The van der Waals surface area contributed by atoms with Crippen molar-refractivity contribution in [3.63, 3.8) is 0 Å². The van der Waals surface area contributed by atoms with Crippen LogP contribution in [-0.2, 0) is 14.6 Å². The molecule has 1 amide bonds. The molecule has 148 valence electrons. The second kappa shape index (κ2) is 10.0. The van der Waals surface area contributed by atoms with E-state index in [1.165, 1.54) is 12.1 Å². The van der Waals surface area contributed by atoms with E-state index in [1.807, 2.05) is 27.7 Å². The highest BCUT2D eigenvalue weighted by atomic mass is 32.2. The SMILES string of the molecule is CCCC[C@H](NC(=O)[C@@H](N)CC(C)C)C(O)S(=O)(=O)c1ccc(C)cc1. The Balaban J connectivity index is 2.99. The van der Waals surface area contributed by atoms with Gasteiger partial charge in [0.25, 0.3) is 0 Å². The lowest BCUT2D eigenvalue weighted by Gasteiger charge is -2.26. The fraction of sp³-hybridized carbons (Fsp3) is 0.632. The molecule has 0 heterocycles. The predicted octanol–water partition coefficient (Wildman–Crippen LogP) is 2.14. The van der Waals surface area contributed by atoms with Crippen LogP contribution in [0.3, 0.4) is 0 Å². The van der Waals surface area contributed by atoms with Crippen LogP contribution in [0.5, 0.6) is 0 Å². The van der Waals surface area contributed by atoms with Crippen molar-refractivity contribution >= 4 is 15.7 Å². The molecule has 0 aliphatic rings. The standard InChI is InChI=1S/C19H32N2O4S/c1-5-6-7-17(21-18(22)16(20)12-13(2)3)19(23)26(24,25)15-10-8-14(4)9-11-15/h8-11,13,16-17,19,23H,5-7,12,20H2,1-4H3,(H,21,22)/t16-,17-,19?/m0/s1. The molecule has 0 radical (unpaired) electrons. The summed E-state index contributed by atoms with van der Waals surface area (Å²) in [5.74, 6) is -0.191. The van der Waals surface area contributed by atoms with Gasteiger partial charge in [0.15, 0.2) is 5.44 Å². The molecule has 1 rings (SSSR count). The molecule has 0 aliphatic heterocycles. The van der Waals surface area contributed by atoms with Gasteiger partial charge in [-0.3, -0.25) is 4.79 Å². The van der Waals surface area contributed by atoms with Crippen molar-refractivity contribution in [2.75, 3.05) is 0 Å². The Hall–Kier alpha value is -1.44. The summed E-state index contributed by atoms with van der Waals surface area (Å²) in [4.78, 5) is 12.4. The Morgan fingerprint density at radius 3 is 2.31 bits per heavy atom. The second-order valence-corrected chi connectivity index (χ2v) is 9.29. The molecule has 1 aromatic rings. The molecule has 6 nitrogen and oxygen atoms in total. The average Bonchev–Trinajstić information content (AvgIpc) is 2.57. The first-order valence-corrected chi connectivity index (χ1v) is 10.7. The summed E-state index contributed by atoms with van der Waals surface area (Å²) < 4.78 is 25.5. The monoisotopic (exact) mass is 384 g/mol. The van der Waals surface area contributed by atoms with Gasteiger partial charge in [0.2, 0.25) is 15.7 Å². The number of aliphatic hydroxyl groups excluding tert-OH is 1. The number of rotatable bonds is 10. The van der Waals surface area contributed by atoms with E-state index >= 15 is 0 Å². The van der Waals surface area contributed by atoms with Crippen LogP contribution >= 0.6 is 0 Å². The summed E-state index contributed by atoms with van der Waals surface area (Å²) in [6, 6.07) is 4.67. The lowest BCUT2D eigenvalue weighted by Crippen LogP contribution is -2.52. The first-order chi connectivity index (χ1) is 12.1. The maximum absolute atomic E-state index is 12.7. The van der Waals surface area contributed by atoms with Crippen molar-refractivity contribution in [3.05, 3.63) is 29.8 Å². The molecule has 7 heteroatoms. The van der Waals surface area contributed by atoms with Crippen molar-refractivity contribution in [2.45, 2.75) is 75.8 Å². The highest BCUT2D eigenvalue weighted by Crippen LogP contribution is 2.20. The number of hydrogen-bond acceptors (Lipinski definition) is 5. The van der Waals surface area contributed by atoms with Crippen molar-refractivity contribution in [1.82, 2.24) is 5.32 Å². The van der Waals surface area contributed by atoms with Crippen molar-refractivity contribution in [2.24, 2.45) is 11.7 Å². The first-order valence-electron chi connectivity index (χ1n) is 9.14. The molecule has 0 fully saturated rings. The number of nitrogens with two attached hydrogens (primary N) is 1. The Labute approximate surface area is 157 Å². The van der Waals surface area contributed by atoms with Crippen LogP contribution in [0.2, 0.25) is 0 Å². The van der Waals surface area contributed by atoms with E-state index in [0.29, 0.717) is 19.3 Å². The number of benzene rings is 1. The minimum Gasteiger partial charge on any atom is -0.375 e. The van der Waals surface area contributed by atoms with Crippen LogP contribution in [0.25, 0.3) is 0 Å². The highest BCUT2D eigenvalue weighted by molar-refractivity contribution is 7.92. The maximum Gasteiger partial charge on any atom is 0.237 e. The van der Waals surface area contributed by atoms with Gasteiger partial charge in [-0.1, -0.05) is 51.3 Å². The zero-order valence-corrected chi connectivity index (χ0v) is 16.9. The van der Waals surface area contributed by atoms with Gasteiger partial charge in [0.1, 0.15) is 0 Å². The second-order valence-electron chi connectivity index (χ2n) is 7.24. The fourth-order valence-corrected chi connectivity index (χ4v) is 4.13. The third-order valence-corrected chi connectivity index (χ3v) is 6.16. The molecule has 0 spiro atoms. The van der Waals surface area contributed by atoms with Gasteiger partial charge < -0.3 is 16.2 Å². The minimum atomic E-state index is -3.98. The van der Waals surface area contributed by atoms with E-state index < -0.39 is 33.3 Å². The number of nitrogens with one attached hydrogen (secondary N) is 1. The van der Waals surface area contributed by atoms with Crippen LogP contribution in [0.1, 0.15) is 52.0 Å². The number of aliphatic hydroxyl groups is 1. The third-order valence-electron chi connectivity index (χ3n) is 4.27. The number of sulfone groups is 1. The van der Waals surface area contributed by atoms with Gasteiger partial charge in [-0.05, 0) is 37.8 Å². The number of hydrogen-bond donors (Lipinski definition) is 3. The lowest BCUT2D eigenvalue weighted by atomic mass is 10.0. The van der Waals surface area contributed by atoms with Crippen molar-refractivity contribution in [3.8, 4) is 0 Å². The van der Waals surface area contributed by atoms with E-state index in [2.05, 4.69) is 5.32 Å². The van der Waals surface area contributed by atoms with Gasteiger partial charge in [-0.25, -0.2) is 8.42 Å². The largest absolute Gasteiger partial charge is 0.375 e. The number of carbonyl (C=O) groups excluding carboxylic acids is 1. The predicted molar refractivity (Wildman–Crippen MR) is 103 cm³/mol. The molecule has 26 heavy (non-hydrogen) atoms. The summed E-state index contributed by atoms with van der Waals surface area (Å²) in [6.07, 6.45) is 2.36. The molecule has 1 unspecified atom stereocenters. The molecule has 0 saturated carbocycles. The number of amides is 1. The molecule has 3 atom stereocenters. The van der Waals surface area contributed by atoms with Crippen molar-refractivity contribution < 1.29 is 18.3 Å². The first kappa shape index (κ1) is 22.6. The molecule has 0 aliphatic carbocycles. The van der Waals surface area contributed by atoms with Crippen molar-refractivity contribution in [1.29, 1.82) is 0 Å². The van der Waals surface area contributed by atoms with E-state index in [-0.39, 0.29) is 10.8 Å². The van der Waals surface area contributed by atoms with Crippen LogP contribution in [0.4, 0.5) is 0 Å². The molecule has 1 aromatic carbocycles. The van der Waals surface area contributed by atoms with Gasteiger partial charge in [-0.15, -0.1) is 0 Å². The van der Waals surface area contributed by atoms with E-state index in [0.717, 1.165) is 12.0 Å². The summed E-state index contributed by atoms with van der Waals surface area (Å²) in [5, 5.41) is 13.2. The van der Waals surface area contributed by atoms with Crippen LogP contribution in [-0.4, -0.2) is 37.0 Å². The van der Waals surface area contributed by atoms with E-state index in [1.54, 1.807) is 12.1 Å². The van der Waals surface area contributed by atoms with Crippen LogP contribution < -0.4 is 11.1 Å². The zero-order chi connectivity index (χ0) is 19.9. The molecule has 0 bridgehead atoms. The zero-order valence-electron chi connectivity index (χ0n) is 16.1. The number of aryl methyl sites for hydroxylation is 1. The summed E-state index contributed by atoms with van der Waals surface area (Å²) >= 11 is 0. The van der Waals surface area contributed by atoms with E-state index in [9.17, 15) is 18.3 Å². The maximum atomic E-state index is 12.7. The van der Waals surface area contributed by atoms with Gasteiger partial charge in [0.05, 0.1) is 17.0 Å². The lowest BCUT2D eigenvalue weighted by molar-refractivity contribution is -0.124. The highest BCUT2D eigenvalue weighted by Gasteiger charge is 2.34. The summed E-state index contributed by atoms with van der Waals surface area (Å²) in [5.41, 5.74) is 5.10. The van der Waals surface area contributed by atoms with Crippen LogP contribution in [0, 0.1) is 12.8 Å². The quantitative estimate of drug-likeness (QED) is 0.572. The smallest absolute Gasteiger partial charge is 0.237 e. The summed E-state index contributed by atoms with van der Waals surface area (Å²) in [6.45, 7) is 7.73. The Morgan fingerprint density at radius 2 is 1.81 bits per heavy atom.